The summed E-state index contributed by atoms with van der Waals surface area (Å²) in [6.45, 7) is 4.34. The fourth-order valence-corrected chi connectivity index (χ4v) is 4.98. The molecular formula is C25H31NO2S. The van der Waals surface area contributed by atoms with Gasteiger partial charge in [0.05, 0.1) is 5.25 Å². The molecule has 1 saturated heterocycles. The van der Waals surface area contributed by atoms with E-state index in [-0.39, 0.29) is 21.8 Å². The number of carbonyl (C=O) groups excluding carboxylic acids is 2. The van der Waals surface area contributed by atoms with E-state index in [0.717, 1.165) is 19.3 Å². The van der Waals surface area contributed by atoms with E-state index >= 15 is 0 Å². The van der Waals surface area contributed by atoms with Crippen LogP contribution in [0.25, 0.3) is 0 Å². The maximum absolute atomic E-state index is 12.4. The van der Waals surface area contributed by atoms with Gasteiger partial charge in [-0.3, -0.25) is 14.5 Å². The molecule has 0 bridgehead atoms. The molecule has 3 nitrogen and oxygen atoms in total. The van der Waals surface area contributed by atoms with E-state index in [4.69, 9.17) is 0 Å². The largest absolute Gasteiger partial charge is 0.285 e. The van der Waals surface area contributed by atoms with Crippen molar-refractivity contribution in [2.24, 2.45) is 0 Å². The van der Waals surface area contributed by atoms with Crippen molar-refractivity contribution >= 4 is 23.6 Å². The highest BCUT2D eigenvalue weighted by Crippen LogP contribution is 2.41. The fraction of sp³-hybridized carbons (Fsp3) is 0.360. The number of carbonyl (C=O) groups is 2. The monoisotopic (exact) mass is 409 g/mol. The van der Waals surface area contributed by atoms with E-state index in [1.54, 1.807) is 18.8 Å². The minimum Gasteiger partial charge on any atom is -0.285 e. The van der Waals surface area contributed by atoms with Crippen molar-refractivity contribution in [3.8, 4) is 0 Å². The van der Waals surface area contributed by atoms with Crippen molar-refractivity contribution in [3.63, 3.8) is 0 Å². The molecule has 1 unspecified atom stereocenters. The number of likely N-dealkylation sites (tertiary alicyclic amines) is 1. The van der Waals surface area contributed by atoms with Crippen LogP contribution >= 0.6 is 11.8 Å². The predicted octanol–water partition coefficient (Wildman–Crippen LogP) is 5.53. The average molecular weight is 410 g/mol. The van der Waals surface area contributed by atoms with Gasteiger partial charge in [-0.2, -0.15) is 0 Å². The van der Waals surface area contributed by atoms with E-state index in [1.165, 1.54) is 10.5 Å². The normalized spacial score (nSPS) is 16.2. The number of rotatable bonds is 6. The third-order valence-corrected chi connectivity index (χ3v) is 7.15. The minimum atomic E-state index is -0.272. The van der Waals surface area contributed by atoms with Crippen LogP contribution in [0.5, 0.6) is 0 Å². The van der Waals surface area contributed by atoms with Crippen molar-refractivity contribution in [1.82, 2.24) is 4.90 Å². The second-order valence-corrected chi connectivity index (χ2v) is 8.86. The lowest BCUT2D eigenvalue weighted by molar-refractivity contribution is -0.136. The van der Waals surface area contributed by atoms with Gasteiger partial charge in [0.2, 0.25) is 11.8 Å². The summed E-state index contributed by atoms with van der Waals surface area (Å²) in [6.07, 6.45) is 3.03. The second kappa shape index (κ2) is 11.6. The van der Waals surface area contributed by atoms with Gasteiger partial charge in [-0.15, -0.1) is 11.8 Å². The Balaban J connectivity index is 2.33. The van der Waals surface area contributed by atoms with Crippen LogP contribution in [0.3, 0.4) is 0 Å². The maximum atomic E-state index is 12.4. The van der Waals surface area contributed by atoms with Crippen LogP contribution in [0.4, 0.5) is 0 Å². The summed E-state index contributed by atoms with van der Waals surface area (Å²) in [4.78, 5) is 25.7. The summed E-state index contributed by atoms with van der Waals surface area (Å²) in [5, 5.41) is -0.272. The summed E-state index contributed by atoms with van der Waals surface area (Å²) in [6, 6.07) is 26.4. The summed E-state index contributed by atoms with van der Waals surface area (Å²) < 4.78 is -0.0799. The van der Waals surface area contributed by atoms with Gasteiger partial charge >= 0.3 is 0 Å². The van der Waals surface area contributed by atoms with Crippen molar-refractivity contribution < 1.29 is 9.59 Å². The van der Waals surface area contributed by atoms with Crippen LogP contribution in [-0.4, -0.2) is 33.8 Å². The highest BCUT2D eigenvalue weighted by atomic mass is 32.2. The molecular weight excluding hydrogens is 378 g/mol. The van der Waals surface area contributed by atoms with Crippen LogP contribution in [0, 0.1) is 0 Å². The van der Waals surface area contributed by atoms with Gasteiger partial charge in [-0.25, -0.2) is 0 Å². The molecule has 0 aromatic heterocycles. The zero-order valence-electron chi connectivity index (χ0n) is 17.6. The smallest absolute Gasteiger partial charge is 0.242 e. The van der Waals surface area contributed by atoms with Gasteiger partial charge in [-0.05, 0) is 24.8 Å². The zero-order chi connectivity index (χ0) is 21.1. The molecule has 1 atom stereocenters. The van der Waals surface area contributed by atoms with Crippen LogP contribution in [0.1, 0.15) is 38.7 Å². The number of nitrogens with zero attached hydrogens (tertiary/aromatic N) is 1. The van der Waals surface area contributed by atoms with E-state index in [9.17, 15) is 9.59 Å². The van der Waals surface area contributed by atoms with Crippen molar-refractivity contribution in [2.45, 2.75) is 49.5 Å². The van der Waals surface area contributed by atoms with Gasteiger partial charge in [0.15, 0.2) is 0 Å². The molecule has 4 heteroatoms. The van der Waals surface area contributed by atoms with E-state index in [2.05, 4.69) is 26.0 Å². The molecule has 1 aromatic rings. The van der Waals surface area contributed by atoms with Gasteiger partial charge < -0.3 is 0 Å². The molecule has 0 saturated carbocycles. The molecule has 2 rings (SSSR count). The van der Waals surface area contributed by atoms with E-state index < -0.39 is 0 Å². The Morgan fingerprint density at radius 2 is 1.31 bits per heavy atom. The topological polar surface area (TPSA) is 37.4 Å². The van der Waals surface area contributed by atoms with Crippen molar-refractivity contribution in [1.29, 1.82) is 0 Å². The Labute approximate surface area is 179 Å². The molecule has 0 spiro atoms. The van der Waals surface area contributed by atoms with Crippen LogP contribution in [0.15, 0.2) is 78.9 Å². The lowest BCUT2D eigenvalue weighted by Gasteiger charge is -2.33. The Bertz CT molecular complexity index is 782. The number of thioether (sulfide) groups is 1. The lowest BCUT2D eigenvalue weighted by Crippen LogP contribution is -2.33. The third-order valence-electron chi connectivity index (χ3n) is 5.28. The first-order valence-electron chi connectivity index (χ1n) is 10.2. The molecule has 1 heterocycles. The second-order valence-electron chi connectivity index (χ2n) is 7.19. The standard InChI is InChI=1S/C25H31NO2S/c1-4-25(5-2,29-22-19-23(27)26(3)24(22)28)20-21-17-15-13-11-9-7-6-8-10-12-14-16-18-21/h6-18,22H,4-5,19-20H2,1-3H3. The SMILES string of the molecule is CCC(CC)(Cc1ccccccccccccc1)SC1CC(=O)N(C)C1=O. The first-order valence-corrected chi connectivity index (χ1v) is 11.1. The van der Waals surface area contributed by atoms with Crippen LogP contribution in [0.2, 0.25) is 0 Å². The number of amides is 2. The van der Waals surface area contributed by atoms with Gasteiger partial charge in [0.25, 0.3) is 0 Å². The molecule has 154 valence electrons. The molecule has 2 amide bonds. The summed E-state index contributed by atoms with van der Waals surface area (Å²) >= 11 is 1.68. The van der Waals surface area contributed by atoms with Gasteiger partial charge in [0, 0.05) is 18.2 Å². The minimum absolute atomic E-state index is 0.0605. The summed E-state index contributed by atoms with van der Waals surface area (Å²) in [5.74, 6) is -0.137. The van der Waals surface area contributed by atoms with Gasteiger partial charge in [-0.1, -0.05) is 92.7 Å². The number of hydrogen-bond donors (Lipinski definition) is 0. The Morgan fingerprint density at radius 1 is 0.862 bits per heavy atom. The highest BCUT2D eigenvalue weighted by molar-refractivity contribution is 8.02. The quantitative estimate of drug-likeness (QED) is 0.580. The molecule has 0 N–H and O–H groups in total. The third kappa shape index (κ3) is 6.90. The molecule has 1 fully saturated rings. The van der Waals surface area contributed by atoms with E-state index in [0.29, 0.717) is 6.42 Å². The first kappa shape index (κ1) is 23.0. The lowest BCUT2D eigenvalue weighted by atomic mass is 9.94. The Kier molecular flexibility index (Phi) is 9.20. The number of hydrogen-bond acceptors (Lipinski definition) is 3. The summed E-state index contributed by atoms with van der Waals surface area (Å²) in [5.41, 5.74) is 1.21. The van der Waals surface area contributed by atoms with Crippen LogP contribution in [-0.2, 0) is 16.0 Å². The van der Waals surface area contributed by atoms with Gasteiger partial charge in [0.1, 0.15) is 0 Å². The van der Waals surface area contributed by atoms with Crippen molar-refractivity contribution in [2.75, 3.05) is 7.05 Å². The molecule has 1 aromatic carbocycles. The molecule has 0 aliphatic carbocycles. The fourth-order valence-electron chi connectivity index (χ4n) is 3.30. The summed E-state index contributed by atoms with van der Waals surface area (Å²) in [7, 11) is 1.59. The molecule has 29 heavy (non-hydrogen) atoms. The average Bonchev–Trinajstić information content (AvgIpc) is 2.96. The van der Waals surface area contributed by atoms with Crippen LogP contribution < -0.4 is 0 Å². The predicted molar refractivity (Wildman–Crippen MR) is 122 cm³/mol. The van der Waals surface area contributed by atoms with Crippen molar-refractivity contribution in [3.05, 3.63) is 84.4 Å². The highest BCUT2D eigenvalue weighted by Gasteiger charge is 2.41. The number of imide groups is 1. The van der Waals surface area contributed by atoms with E-state index in [1.807, 2.05) is 66.7 Å². The molecule has 0 radical (unpaired) electrons. The zero-order valence-corrected chi connectivity index (χ0v) is 18.4. The Morgan fingerprint density at radius 3 is 1.69 bits per heavy atom. The first-order chi connectivity index (χ1) is 14.0. The Hall–Kier alpha value is -2.33. The maximum Gasteiger partial charge on any atom is 0.242 e. The molecule has 1 aliphatic rings. The molecule has 1 aliphatic heterocycles.